The van der Waals surface area contributed by atoms with Crippen LogP contribution in [0.1, 0.15) is 194 Å². The Morgan fingerprint density at radius 2 is 0.875 bits per heavy atom. The molecule has 0 saturated carbocycles. The average Bonchev–Trinajstić information content (AvgIpc) is 2.91. The molecular formula is C34H67KO4S. The van der Waals surface area contributed by atoms with Crippen LogP contribution in [-0.2, 0) is 14.6 Å². The third kappa shape index (κ3) is 37.3. The fraction of sp³-hybridized carbons (Fsp3) is 0.941. The van der Waals surface area contributed by atoms with Crippen LogP contribution < -0.4 is 51.4 Å². The van der Waals surface area contributed by atoms with Crippen molar-refractivity contribution in [3.63, 3.8) is 0 Å². The fourth-order valence-electron chi connectivity index (χ4n) is 5.40. The number of allylic oxidation sites excluding steroid dienone is 1. The summed E-state index contributed by atoms with van der Waals surface area (Å²) >= 11 is 0. The molecule has 0 heterocycles. The molecule has 0 aliphatic carbocycles. The van der Waals surface area contributed by atoms with Crippen LogP contribution in [0.25, 0.3) is 0 Å². The first kappa shape index (κ1) is 43.4. The maximum Gasteiger partial charge on any atom is 1.00 e. The van der Waals surface area contributed by atoms with Crippen LogP contribution in [0.4, 0.5) is 0 Å². The monoisotopic (exact) mass is 610 g/mol. The molecule has 0 radical (unpaired) electrons. The van der Waals surface area contributed by atoms with Gasteiger partial charge >= 0.3 is 51.4 Å². The van der Waals surface area contributed by atoms with Crippen molar-refractivity contribution in [3.8, 4) is 0 Å². The van der Waals surface area contributed by atoms with Gasteiger partial charge < -0.3 is 4.55 Å². The van der Waals surface area contributed by atoms with Gasteiger partial charge in [-0.05, 0) is 19.3 Å². The standard InChI is InChI=1S/C34H68O4S.K/c1-3-5-7-9-11-13-14-15-16-17-18-19-20-21-22-24-26-28-30-32-34(33-38-39(35,36)37)31-29-27-25-23-12-10-8-6-4-2;/h30,32,34H,3-29,31,33H2,1-2H3,(H,35,36,37);/q;+1/p-1/b32-30+;. The summed E-state index contributed by atoms with van der Waals surface area (Å²) in [4.78, 5) is 0. The summed E-state index contributed by atoms with van der Waals surface area (Å²) in [6, 6.07) is 0. The Labute approximate surface area is 294 Å². The zero-order valence-corrected chi connectivity index (χ0v) is 31.2. The molecule has 0 saturated heterocycles. The first-order valence-electron chi connectivity index (χ1n) is 17.3. The average molecular weight is 611 g/mol. The van der Waals surface area contributed by atoms with Crippen molar-refractivity contribution in [2.75, 3.05) is 6.61 Å². The third-order valence-electron chi connectivity index (χ3n) is 7.99. The quantitative estimate of drug-likeness (QED) is 0.0251. The van der Waals surface area contributed by atoms with Crippen LogP contribution in [0.3, 0.4) is 0 Å². The molecule has 0 bridgehead atoms. The van der Waals surface area contributed by atoms with Crippen molar-refractivity contribution in [2.45, 2.75) is 194 Å². The van der Waals surface area contributed by atoms with Gasteiger partial charge in [-0.1, -0.05) is 187 Å². The molecule has 0 aromatic heterocycles. The van der Waals surface area contributed by atoms with Gasteiger partial charge in [0.1, 0.15) is 0 Å². The summed E-state index contributed by atoms with van der Waals surface area (Å²) in [5.41, 5.74) is 0. The molecule has 0 N–H and O–H groups in total. The summed E-state index contributed by atoms with van der Waals surface area (Å²) in [6.45, 7) is 4.51. The normalized spacial score (nSPS) is 12.7. The van der Waals surface area contributed by atoms with Gasteiger partial charge in [0.25, 0.3) is 0 Å². The second kappa shape index (κ2) is 34.7. The summed E-state index contributed by atoms with van der Waals surface area (Å²) in [7, 11) is -4.62. The molecule has 0 fully saturated rings. The number of hydrogen-bond donors (Lipinski definition) is 0. The first-order valence-corrected chi connectivity index (χ1v) is 18.6. The zero-order valence-electron chi connectivity index (χ0n) is 27.3. The maximum absolute atomic E-state index is 10.9. The van der Waals surface area contributed by atoms with Gasteiger partial charge in [0.05, 0.1) is 6.61 Å². The van der Waals surface area contributed by atoms with Crippen molar-refractivity contribution in [1.82, 2.24) is 0 Å². The van der Waals surface area contributed by atoms with Gasteiger partial charge in [-0.2, -0.15) is 0 Å². The zero-order chi connectivity index (χ0) is 28.7. The van der Waals surface area contributed by atoms with Crippen molar-refractivity contribution in [2.24, 2.45) is 5.92 Å². The van der Waals surface area contributed by atoms with Crippen LogP contribution in [0.15, 0.2) is 12.2 Å². The van der Waals surface area contributed by atoms with Crippen molar-refractivity contribution >= 4 is 10.4 Å². The Bertz CT molecular complexity index is 609. The van der Waals surface area contributed by atoms with Gasteiger partial charge in [0.2, 0.25) is 10.4 Å². The number of rotatable bonds is 32. The molecule has 0 aliphatic heterocycles. The molecular weight excluding hydrogens is 544 g/mol. The topological polar surface area (TPSA) is 66.4 Å². The van der Waals surface area contributed by atoms with Gasteiger partial charge in [0.15, 0.2) is 0 Å². The molecule has 0 aliphatic rings. The Balaban J connectivity index is 0. The third-order valence-corrected chi connectivity index (χ3v) is 8.41. The smallest absolute Gasteiger partial charge is 0.726 e. The predicted molar refractivity (Wildman–Crippen MR) is 169 cm³/mol. The molecule has 0 spiro atoms. The maximum atomic E-state index is 10.9. The van der Waals surface area contributed by atoms with E-state index >= 15 is 0 Å². The molecule has 4 nitrogen and oxygen atoms in total. The van der Waals surface area contributed by atoms with Crippen molar-refractivity contribution in [3.05, 3.63) is 12.2 Å². The van der Waals surface area contributed by atoms with Crippen LogP contribution in [0, 0.1) is 5.92 Å². The van der Waals surface area contributed by atoms with E-state index in [1.54, 1.807) is 0 Å². The Morgan fingerprint density at radius 3 is 1.23 bits per heavy atom. The Morgan fingerprint density at radius 1 is 0.550 bits per heavy atom. The minimum Gasteiger partial charge on any atom is -0.726 e. The van der Waals surface area contributed by atoms with E-state index in [4.69, 9.17) is 0 Å². The van der Waals surface area contributed by atoms with Gasteiger partial charge in [0, 0.05) is 5.92 Å². The van der Waals surface area contributed by atoms with Crippen LogP contribution >= 0.6 is 0 Å². The van der Waals surface area contributed by atoms with Crippen molar-refractivity contribution < 1.29 is 68.5 Å². The SMILES string of the molecule is CCCCCCCCCCCCCCCCCCC/C=C/C(CCCCCCCCCCC)COS(=O)(=O)[O-].[K+]. The molecule has 0 aromatic rings. The number of hydrogen-bond acceptors (Lipinski definition) is 4. The molecule has 1 unspecified atom stereocenters. The van der Waals surface area contributed by atoms with Crippen LogP contribution in [0.2, 0.25) is 0 Å². The van der Waals surface area contributed by atoms with Gasteiger partial charge in [-0.25, -0.2) is 8.42 Å². The van der Waals surface area contributed by atoms with E-state index in [0.29, 0.717) is 0 Å². The molecule has 0 amide bonds. The van der Waals surface area contributed by atoms with E-state index in [2.05, 4.69) is 30.2 Å². The Hall–Kier alpha value is 1.25. The van der Waals surface area contributed by atoms with E-state index in [0.717, 1.165) is 19.3 Å². The van der Waals surface area contributed by atoms with Crippen molar-refractivity contribution in [1.29, 1.82) is 0 Å². The van der Waals surface area contributed by atoms with E-state index < -0.39 is 10.4 Å². The minimum absolute atomic E-state index is 0. The predicted octanol–water partition coefficient (Wildman–Crippen LogP) is 8.60. The molecule has 0 rings (SSSR count). The largest absolute Gasteiger partial charge is 1.00 e. The number of unbranched alkanes of at least 4 members (excludes halogenated alkanes) is 25. The fourth-order valence-corrected chi connectivity index (χ4v) is 5.74. The molecule has 40 heavy (non-hydrogen) atoms. The second-order valence-electron chi connectivity index (χ2n) is 11.9. The summed E-state index contributed by atoms with van der Waals surface area (Å²) < 4.78 is 37.3. The van der Waals surface area contributed by atoms with Gasteiger partial charge in [-0.3, -0.25) is 4.18 Å². The van der Waals surface area contributed by atoms with Crippen LogP contribution in [-0.4, -0.2) is 19.6 Å². The molecule has 1 atom stereocenters. The first-order chi connectivity index (χ1) is 19.0. The summed E-state index contributed by atoms with van der Waals surface area (Å²) in [5.74, 6) is 0.0177. The minimum atomic E-state index is -4.62. The Kier molecular flexibility index (Phi) is 37.7. The van der Waals surface area contributed by atoms with Crippen LogP contribution in [0.5, 0.6) is 0 Å². The molecule has 234 valence electrons. The summed E-state index contributed by atoms with van der Waals surface area (Å²) in [6.07, 6.45) is 41.0. The van der Waals surface area contributed by atoms with E-state index in [-0.39, 0.29) is 63.9 Å². The van der Waals surface area contributed by atoms with E-state index in [1.807, 2.05) is 0 Å². The second-order valence-corrected chi connectivity index (χ2v) is 13.0. The van der Waals surface area contributed by atoms with Gasteiger partial charge in [-0.15, -0.1) is 0 Å². The molecule has 0 aromatic carbocycles. The molecule has 6 heteroatoms. The summed E-state index contributed by atoms with van der Waals surface area (Å²) in [5, 5.41) is 0. The van der Waals surface area contributed by atoms with E-state index in [1.165, 1.54) is 161 Å². The van der Waals surface area contributed by atoms with E-state index in [9.17, 15) is 13.0 Å².